The molecule has 158 valence electrons. The highest BCUT2D eigenvalue weighted by atomic mass is 16.7. The van der Waals surface area contributed by atoms with Gasteiger partial charge >= 0.3 is 0 Å². The Bertz CT molecular complexity index is 881. The molecule has 0 radical (unpaired) electrons. The second-order valence-corrected chi connectivity index (χ2v) is 7.56. The Kier molecular flexibility index (Phi) is 8.48. The van der Waals surface area contributed by atoms with Gasteiger partial charge in [-0.25, -0.2) is 0 Å². The molecule has 3 rings (SSSR count). The molecule has 0 spiro atoms. The van der Waals surface area contributed by atoms with Crippen molar-refractivity contribution in [1.82, 2.24) is 0 Å². The third kappa shape index (κ3) is 6.36. The maximum Gasteiger partial charge on any atom is 0.260 e. The van der Waals surface area contributed by atoms with Crippen LogP contribution in [0.5, 0.6) is 0 Å². The maximum absolute atomic E-state index is 12.7. The van der Waals surface area contributed by atoms with Crippen LogP contribution in [0.1, 0.15) is 35.3 Å². The predicted molar refractivity (Wildman–Crippen MR) is 119 cm³/mol. The SMILES string of the molecule is CC(C)(O)Cc1ccccc1.COC(OC)(C(=O)c1ccccc1)c1ccccc1. The Morgan fingerprint density at radius 1 is 0.767 bits per heavy atom. The zero-order valence-corrected chi connectivity index (χ0v) is 18.0. The average molecular weight is 407 g/mol. The monoisotopic (exact) mass is 406 g/mol. The summed E-state index contributed by atoms with van der Waals surface area (Å²) in [5.41, 5.74) is 1.81. The number of rotatable bonds is 7. The van der Waals surface area contributed by atoms with Crippen molar-refractivity contribution >= 4 is 5.78 Å². The first-order valence-electron chi connectivity index (χ1n) is 9.84. The summed E-state index contributed by atoms with van der Waals surface area (Å²) in [4.78, 5) is 12.7. The lowest BCUT2D eigenvalue weighted by Gasteiger charge is -2.29. The highest BCUT2D eigenvalue weighted by Gasteiger charge is 2.41. The van der Waals surface area contributed by atoms with Gasteiger partial charge in [-0.1, -0.05) is 91.0 Å². The molecule has 0 amide bonds. The van der Waals surface area contributed by atoms with E-state index in [0.717, 1.165) is 0 Å². The molecule has 0 aliphatic carbocycles. The molecule has 0 aromatic heterocycles. The molecule has 0 bridgehead atoms. The van der Waals surface area contributed by atoms with Gasteiger partial charge in [-0.2, -0.15) is 0 Å². The van der Waals surface area contributed by atoms with Crippen molar-refractivity contribution in [2.24, 2.45) is 0 Å². The highest BCUT2D eigenvalue weighted by molar-refractivity contribution is 6.02. The molecule has 0 aliphatic heterocycles. The number of methoxy groups -OCH3 is 2. The quantitative estimate of drug-likeness (QED) is 0.442. The fourth-order valence-electron chi connectivity index (χ4n) is 3.17. The lowest BCUT2D eigenvalue weighted by molar-refractivity contribution is -0.176. The third-order valence-corrected chi connectivity index (χ3v) is 4.54. The van der Waals surface area contributed by atoms with Crippen LogP contribution in [0.15, 0.2) is 91.0 Å². The molecule has 30 heavy (non-hydrogen) atoms. The van der Waals surface area contributed by atoms with Crippen molar-refractivity contribution in [3.8, 4) is 0 Å². The lowest BCUT2D eigenvalue weighted by Crippen LogP contribution is -2.39. The van der Waals surface area contributed by atoms with Gasteiger partial charge in [0.15, 0.2) is 0 Å². The van der Waals surface area contributed by atoms with Crippen LogP contribution >= 0.6 is 0 Å². The topological polar surface area (TPSA) is 55.8 Å². The van der Waals surface area contributed by atoms with E-state index < -0.39 is 11.4 Å². The normalized spacial score (nSPS) is 11.4. The molecule has 0 unspecified atom stereocenters. The first kappa shape index (κ1) is 23.5. The molecule has 1 N–H and O–H groups in total. The standard InChI is InChI=1S/C16H16O3.C10H14O/c1-18-16(19-2,14-11-7-4-8-12-14)15(17)13-9-5-3-6-10-13;1-10(2,11)8-9-6-4-3-5-7-9/h3-12H,1-2H3;3-7,11H,8H2,1-2H3. The zero-order chi connectivity index (χ0) is 22.0. The van der Waals surface area contributed by atoms with Crippen molar-refractivity contribution in [1.29, 1.82) is 0 Å². The molecular weight excluding hydrogens is 376 g/mol. The van der Waals surface area contributed by atoms with Gasteiger partial charge in [0.2, 0.25) is 5.78 Å². The summed E-state index contributed by atoms with van der Waals surface area (Å²) < 4.78 is 10.8. The van der Waals surface area contributed by atoms with Crippen molar-refractivity contribution in [3.05, 3.63) is 108 Å². The lowest BCUT2D eigenvalue weighted by atomic mass is 9.96. The van der Waals surface area contributed by atoms with E-state index in [0.29, 0.717) is 17.5 Å². The molecule has 0 aliphatic rings. The fourth-order valence-corrected chi connectivity index (χ4v) is 3.17. The van der Waals surface area contributed by atoms with Crippen LogP contribution < -0.4 is 0 Å². The van der Waals surface area contributed by atoms with Gasteiger partial charge in [0.25, 0.3) is 5.79 Å². The van der Waals surface area contributed by atoms with Gasteiger partial charge < -0.3 is 14.6 Å². The molecule has 0 fully saturated rings. The molecule has 0 heterocycles. The molecule has 4 heteroatoms. The van der Waals surface area contributed by atoms with Crippen molar-refractivity contribution in [2.75, 3.05) is 14.2 Å². The van der Waals surface area contributed by atoms with E-state index >= 15 is 0 Å². The summed E-state index contributed by atoms with van der Waals surface area (Å²) in [5, 5.41) is 9.47. The number of Topliss-reactive ketones (excluding diaryl/α,β-unsaturated/α-hetero) is 1. The molecule has 0 atom stereocenters. The van der Waals surface area contributed by atoms with E-state index in [-0.39, 0.29) is 5.78 Å². The van der Waals surface area contributed by atoms with E-state index in [1.54, 1.807) is 12.1 Å². The van der Waals surface area contributed by atoms with Crippen LogP contribution in [0.25, 0.3) is 0 Å². The first-order chi connectivity index (χ1) is 14.3. The number of hydrogen-bond acceptors (Lipinski definition) is 4. The Hall–Kier alpha value is -2.79. The molecule has 0 saturated carbocycles. The van der Waals surface area contributed by atoms with Gasteiger partial charge in [0.1, 0.15) is 0 Å². The van der Waals surface area contributed by atoms with Crippen LogP contribution in [0.4, 0.5) is 0 Å². The Labute approximate surface area is 179 Å². The fraction of sp³-hybridized carbons (Fsp3) is 0.269. The largest absolute Gasteiger partial charge is 0.390 e. The zero-order valence-electron chi connectivity index (χ0n) is 18.0. The predicted octanol–water partition coefficient (Wildman–Crippen LogP) is 5.02. The smallest absolute Gasteiger partial charge is 0.260 e. The number of benzene rings is 3. The summed E-state index contributed by atoms with van der Waals surface area (Å²) in [6, 6.07) is 28.2. The maximum atomic E-state index is 12.7. The number of ketones is 1. The van der Waals surface area contributed by atoms with Gasteiger partial charge in [0.05, 0.1) is 5.60 Å². The Morgan fingerprint density at radius 2 is 1.20 bits per heavy atom. The molecular formula is C26H30O4. The minimum Gasteiger partial charge on any atom is -0.390 e. The summed E-state index contributed by atoms with van der Waals surface area (Å²) in [5.74, 6) is -1.62. The van der Waals surface area contributed by atoms with Gasteiger partial charge in [-0.3, -0.25) is 4.79 Å². The Balaban J connectivity index is 0.000000248. The minimum atomic E-state index is -1.40. The van der Waals surface area contributed by atoms with E-state index in [9.17, 15) is 9.90 Å². The van der Waals surface area contributed by atoms with Crippen molar-refractivity contribution < 1.29 is 19.4 Å². The second kappa shape index (κ2) is 10.8. The molecule has 0 saturated heterocycles. The molecule has 4 nitrogen and oxygen atoms in total. The summed E-state index contributed by atoms with van der Waals surface area (Å²) >= 11 is 0. The highest BCUT2D eigenvalue weighted by Crippen LogP contribution is 2.30. The van der Waals surface area contributed by atoms with Crippen molar-refractivity contribution in [2.45, 2.75) is 31.7 Å². The summed E-state index contributed by atoms with van der Waals surface area (Å²) in [6.45, 7) is 3.64. The van der Waals surface area contributed by atoms with Crippen LogP contribution in [0.3, 0.4) is 0 Å². The van der Waals surface area contributed by atoms with Gasteiger partial charge in [0, 0.05) is 31.8 Å². The van der Waals surface area contributed by atoms with Crippen LogP contribution in [-0.4, -0.2) is 30.7 Å². The number of carbonyl (C=O) groups excluding carboxylic acids is 1. The van der Waals surface area contributed by atoms with Crippen molar-refractivity contribution in [3.63, 3.8) is 0 Å². The third-order valence-electron chi connectivity index (χ3n) is 4.54. The molecule has 3 aromatic rings. The summed E-state index contributed by atoms with van der Waals surface area (Å²) in [6.07, 6.45) is 0.716. The minimum absolute atomic E-state index is 0.218. The number of aliphatic hydroxyl groups is 1. The number of ether oxygens (including phenoxy) is 2. The Morgan fingerprint density at radius 3 is 1.63 bits per heavy atom. The number of carbonyl (C=O) groups is 1. The van der Waals surface area contributed by atoms with Gasteiger partial charge in [-0.15, -0.1) is 0 Å². The second-order valence-electron chi connectivity index (χ2n) is 7.56. The van der Waals surface area contributed by atoms with E-state index in [1.165, 1.54) is 19.8 Å². The van der Waals surface area contributed by atoms with E-state index in [4.69, 9.17) is 9.47 Å². The average Bonchev–Trinajstić information content (AvgIpc) is 2.76. The van der Waals surface area contributed by atoms with Crippen LogP contribution in [0.2, 0.25) is 0 Å². The summed E-state index contributed by atoms with van der Waals surface area (Å²) in [7, 11) is 2.94. The van der Waals surface area contributed by atoms with E-state index in [2.05, 4.69) is 0 Å². The van der Waals surface area contributed by atoms with Crippen LogP contribution in [-0.2, 0) is 21.7 Å². The molecule has 3 aromatic carbocycles. The van der Waals surface area contributed by atoms with Crippen LogP contribution in [0, 0.1) is 0 Å². The van der Waals surface area contributed by atoms with Gasteiger partial charge in [-0.05, 0) is 19.4 Å². The number of hydrogen-bond donors (Lipinski definition) is 1. The van der Waals surface area contributed by atoms with E-state index in [1.807, 2.05) is 92.7 Å². The first-order valence-corrected chi connectivity index (χ1v) is 9.84.